The SMILES string of the molecule is N#Cc1cc(C(F)(F)F)ccc1S(=O)(=O)N1CC(Oc2ccc(Cl)c(Cl)c2)[C@](O)(CO)C1. The third-order valence-corrected chi connectivity index (χ3v) is 7.52. The molecule has 0 saturated carbocycles. The Morgan fingerprint density at radius 1 is 1.22 bits per heavy atom. The summed E-state index contributed by atoms with van der Waals surface area (Å²) in [6.07, 6.45) is -6.02. The van der Waals surface area contributed by atoms with Crippen LogP contribution >= 0.6 is 23.2 Å². The molecule has 2 N–H and O–H groups in total. The third kappa shape index (κ3) is 4.66. The standard InChI is InChI=1S/C19H15Cl2F3N2O5S/c20-14-3-2-13(6-15(14)21)31-17-8-26(9-18(17,28)10-27)32(29,30)16-4-1-12(19(22,23)24)5-11(16)7-25/h1-6,17,27-28H,8-10H2/t17?,18-/m1/s1. The second kappa shape index (κ2) is 8.70. The summed E-state index contributed by atoms with van der Waals surface area (Å²) in [5, 5.41) is 30.0. The van der Waals surface area contributed by atoms with Gasteiger partial charge in [0.15, 0.2) is 0 Å². The quantitative estimate of drug-likeness (QED) is 0.639. The van der Waals surface area contributed by atoms with E-state index in [0.29, 0.717) is 18.2 Å². The number of nitriles is 1. The smallest absolute Gasteiger partial charge is 0.416 e. The van der Waals surface area contributed by atoms with Crippen LogP contribution in [0.4, 0.5) is 13.2 Å². The van der Waals surface area contributed by atoms with Crippen molar-refractivity contribution in [3.05, 3.63) is 57.6 Å². The van der Waals surface area contributed by atoms with Crippen LogP contribution in [0.1, 0.15) is 11.1 Å². The van der Waals surface area contributed by atoms with Crippen LogP contribution in [0.25, 0.3) is 0 Å². The van der Waals surface area contributed by atoms with E-state index in [-0.39, 0.29) is 15.8 Å². The average molecular weight is 511 g/mol. The Morgan fingerprint density at radius 3 is 2.47 bits per heavy atom. The summed E-state index contributed by atoms with van der Waals surface area (Å²) in [5.41, 5.74) is -3.92. The first-order valence-corrected chi connectivity index (χ1v) is 11.1. The van der Waals surface area contributed by atoms with Crippen LogP contribution in [0, 0.1) is 11.3 Å². The number of aliphatic hydroxyl groups is 2. The zero-order valence-electron chi connectivity index (χ0n) is 16.0. The van der Waals surface area contributed by atoms with Gasteiger partial charge in [0.2, 0.25) is 10.0 Å². The zero-order valence-corrected chi connectivity index (χ0v) is 18.3. The van der Waals surface area contributed by atoms with Crippen LogP contribution in [0.15, 0.2) is 41.3 Å². The van der Waals surface area contributed by atoms with Crippen molar-refractivity contribution in [3.63, 3.8) is 0 Å². The maximum atomic E-state index is 13.1. The van der Waals surface area contributed by atoms with E-state index in [2.05, 4.69) is 0 Å². The minimum Gasteiger partial charge on any atom is -0.486 e. The maximum Gasteiger partial charge on any atom is 0.416 e. The molecule has 0 spiro atoms. The van der Waals surface area contributed by atoms with Crippen LogP contribution < -0.4 is 4.74 Å². The Bertz CT molecular complexity index is 1190. The molecule has 0 amide bonds. The number of hydrogen-bond donors (Lipinski definition) is 2. The lowest BCUT2D eigenvalue weighted by molar-refractivity contribution is -0.137. The molecule has 1 unspecified atom stereocenters. The summed E-state index contributed by atoms with van der Waals surface area (Å²) in [7, 11) is -4.52. The van der Waals surface area contributed by atoms with Crippen molar-refractivity contribution < 1.29 is 36.5 Å². The highest BCUT2D eigenvalue weighted by atomic mass is 35.5. The molecule has 2 atom stereocenters. The minimum absolute atomic E-state index is 0.141. The van der Waals surface area contributed by atoms with Gasteiger partial charge in [-0.25, -0.2) is 8.42 Å². The van der Waals surface area contributed by atoms with E-state index in [9.17, 15) is 37.1 Å². The van der Waals surface area contributed by atoms with Gasteiger partial charge in [-0.2, -0.15) is 22.7 Å². The summed E-state index contributed by atoms with van der Waals surface area (Å²) >= 11 is 11.8. The van der Waals surface area contributed by atoms with Crippen molar-refractivity contribution in [1.82, 2.24) is 4.31 Å². The van der Waals surface area contributed by atoms with E-state index in [1.165, 1.54) is 24.3 Å². The number of alkyl halides is 3. The summed E-state index contributed by atoms with van der Waals surface area (Å²) in [6.45, 7) is -1.95. The molecule has 7 nitrogen and oxygen atoms in total. The fourth-order valence-electron chi connectivity index (χ4n) is 3.18. The number of benzene rings is 2. The van der Waals surface area contributed by atoms with E-state index in [4.69, 9.17) is 27.9 Å². The fourth-order valence-corrected chi connectivity index (χ4v) is 5.09. The molecular formula is C19H15Cl2F3N2O5S. The number of sulfonamides is 1. The first-order valence-electron chi connectivity index (χ1n) is 8.88. The highest BCUT2D eigenvalue weighted by Crippen LogP contribution is 2.35. The lowest BCUT2D eigenvalue weighted by atomic mass is 10.0. The molecular weight excluding hydrogens is 496 g/mol. The van der Waals surface area contributed by atoms with Crippen molar-refractivity contribution in [2.45, 2.75) is 22.8 Å². The number of aliphatic hydroxyl groups excluding tert-OH is 1. The van der Waals surface area contributed by atoms with Gasteiger partial charge in [0, 0.05) is 12.6 Å². The van der Waals surface area contributed by atoms with Crippen LogP contribution in [0.3, 0.4) is 0 Å². The predicted molar refractivity (Wildman–Crippen MR) is 108 cm³/mol. The second-order valence-corrected chi connectivity index (χ2v) is 9.78. The lowest BCUT2D eigenvalue weighted by Crippen LogP contribution is -2.48. The molecule has 0 bridgehead atoms. The Hall–Kier alpha value is -2.07. The number of ether oxygens (including phenoxy) is 1. The number of nitrogens with zero attached hydrogens (tertiary/aromatic N) is 2. The fraction of sp³-hybridized carbons (Fsp3) is 0.316. The molecule has 32 heavy (non-hydrogen) atoms. The van der Waals surface area contributed by atoms with Crippen molar-refractivity contribution in [2.75, 3.05) is 19.7 Å². The number of β-amino-alcohol motifs (C(OH)–C–C–N with tert-alkyl or cyclic N) is 1. The van der Waals surface area contributed by atoms with Crippen LogP contribution in [-0.2, 0) is 16.2 Å². The minimum atomic E-state index is -4.77. The number of hydrogen-bond acceptors (Lipinski definition) is 6. The summed E-state index contributed by atoms with van der Waals surface area (Å²) in [5.74, 6) is 0.141. The van der Waals surface area contributed by atoms with Gasteiger partial charge in [-0.1, -0.05) is 23.2 Å². The molecule has 2 aromatic carbocycles. The largest absolute Gasteiger partial charge is 0.486 e. The van der Waals surface area contributed by atoms with Gasteiger partial charge < -0.3 is 14.9 Å². The van der Waals surface area contributed by atoms with Crippen molar-refractivity contribution >= 4 is 33.2 Å². The van der Waals surface area contributed by atoms with Gasteiger partial charge >= 0.3 is 6.18 Å². The Balaban J connectivity index is 1.94. The normalized spacial score (nSPS) is 22.0. The van der Waals surface area contributed by atoms with Crippen LogP contribution in [-0.4, -0.2) is 54.3 Å². The van der Waals surface area contributed by atoms with Crippen LogP contribution in [0.5, 0.6) is 5.75 Å². The van der Waals surface area contributed by atoms with E-state index in [1.807, 2.05) is 0 Å². The molecule has 1 fully saturated rings. The highest BCUT2D eigenvalue weighted by Gasteiger charge is 2.51. The van der Waals surface area contributed by atoms with Gasteiger partial charge in [-0.15, -0.1) is 0 Å². The van der Waals surface area contributed by atoms with Gasteiger partial charge in [-0.05, 0) is 30.3 Å². The second-order valence-electron chi connectivity index (χ2n) is 7.06. The monoisotopic (exact) mass is 510 g/mol. The first-order chi connectivity index (χ1) is 14.8. The van der Waals surface area contributed by atoms with Crippen molar-refractivity contribution in [3.8, 4) is 11.8 Å². The van der Waals surface area contributed by atoms with Crippen LogP contribution in [0.2, 0.25) is 10.0 Å². The zero-order chi connectivity index (χ0) is 23.9. The van der Waals surface area contributed by atoms with Gasteiger partial charge in [-0.3, -0.25) is 0 Å². The maximum absolute atomic E-state index is 13.1. The molecule has 1 saturated heterocycles. The molecule has 13 heteroatoms. The van der Waals surface area contributed by atoms with Gasteiger partial charge in [0.1, 0.15) is 23.5 Å². The molecule has 3 rings (SSSR count). The van der Waals surface area contributed by atoms with E-state index < -0.39 is 63.6 Å². The van der Waals surface area contributed by atoms with Crippen molar-refractivity contribution in [1.29, 1.82) is 5.26 Å². The lowest BCUT2D eigenvalue weighted by Gasteiger charge is -2.27. The molecule has 0 aromatic heterocycles. The summed E-state index contributed by atoms with van der Waals surface area (Å²) in [6, 6.07) is 7.30. The van der Waals surface area contributed by atoms with E-state index in [0.717, 1.165) is 4.31 Å². The third-order valence-electron chi connectivity index (χ3n) is 4.91. The molecule has 0 radical (unpaired) electrons. The van der Waals surface area contributed by atoms with E-state index >= 15 is 0 Å². The summed E-state index contributed by atoms with van der Waals surface area (Å²) < 4.78 is 71.3. The number of rotatable bonds is 5. The summed E-state index contributed by atoms with van der Waals surface area (Å²) in [4.78, 5) is -0.663. The molecule has 0 aliphatic carbocycles. The molecule has 1 heterocycles. The topological polar surface area (TPSA) is 111 Å². The van der Waals surface area contributed by atoms with Gasteiger partial charge in [0.05, 0.1) is 39.2 Å². The highest BCUT2D eigenvalue weighted by molar-refractivity contribution is 7.89. The van der Waals surface area contributed by atoms with Gasteiger partial charge in [0.25, 0.3) is 0 Å². The molecule has 1 aliphatic rings. The molecule has 172 valence electrons. The Labute approximate surface area is 191 Å². The number of halogens is 5. The molecule has 1 aliphatic heterocycles. The van der Waals surface area contributed by atoms with E-state index in [1.54, 1.807) is 0 Å². The predicted octanol–water partition coefficient (Wildman–Crippen LogP) is 3.06. The Morgan fingerprint density at radius 2 is 1.91 bits per heavy atom. The van der Waals surface area contributed by atoms with Crippen molar-refractivity contribution in [2.24, 2.45) is 0 Å². The molecule has 2 aromatic rings. The Kier molecular flexibility index (Phi) is 6.68. The average Bonchev–Trinajstić information content (AvgIpc) is 3.07. The first kappa shape index (κ1) is 24.6.